The number of carbonyl (C=O) groups excluding carboxylic acids is 1. The molecule has 0 unspecified atom stereocenters. The van der Waals surface area contributed by atoms with Gasteiger partial charge in [-0.1, -0.05) is 43.7 Å². The van der Waals surface area contributed by atoms with Crippen LogP contribution in [0.4, 0.5) is 0 Å². The molecule has 0 aliphatic carbocycles. The summed E-state index contributed by atoms with van der Waals surface area (Å²) < 4.78 is 1.68. The van der Waals surface area contributed by atoms with E-state index < -0.39 is 0 Å². The second kappa shape index (κ2) is 7.54. The summed E-state index contributed by atoms with van der Waals surface area (Å²) in [6.07, 6.45) is 1.80. The average molecular weight is 298 g/mol. The lowest BCUT2D eigenvalue weighted by atomic mass is 10.1. The molecule has 0 saturated carbocycles. The minimum atomic E-state index is -0.171. The number of benzene rings is 1. The highest BCUT2D eigenvalue weighted by Gasteiger charge is 2.08. The van der Waals surface area contributed by atoms with Gasteiger partial charge in [-0.15, -0.1) is 0 Å². The van der Waals surface area contributed by atoms with Gasteiger partial charge in [0.2, 0.25) is 0 Å². The Bertz CT molecular complexity index is 659. The lowest BCUT2D eigenvalue weighted by Gasteiger charge is -2.07. The first-order valence-corrected chi connectivity index (χ1v) is 7.52. The Hall–Kier alpha value is -2.43. The zero-order chi connectivity index (χ0) is 15.9. The van der Waals surface area contributed by atoms with Crippen LogP contribution in [-0.2, 0) is 11.3 Å². The van der Waals surface area contributed by atoms with Crippen molar-refractivity contribution in [2.24, 2.45) is 5.10 Å². The number of amides is 1. The highest BCUT2D eigenvalue weighted by Crippen LogP contribution is 2.06. The third kappa shape index (κ3) is 4.28. The summed E-state index contributed by atoms with van der Waals surface area (Å²) in [5, 5.41) is 8.57. The maximum Gasteiger partial charge on any atom is 0.261 e. The quantitative estimate of drug-likeness (QED) is 0.658. The number of nitrogens with zero attached hydrogens (tertiary/aromatic N) is 3. The van der Waals surface area contributed by atoms with Crippen LogP contribution in [0.3, 0.4) is 0 Å². The maximum atomic E-state index is 12.0. The second-order valence-corrected chi connectivity index (χ2v) is 5.29. The summed E-state index contributed by atoms with van der Waals surface area (Å²) in [7, 11) is 0. The van der Waals surface area contributed by atoms with Crippen molar-refractivity contribution in [1.82, 2.24) is 15.2 Å². The molecule has 0 spiro atoms. The van der Waals surface area contributed by atoms with Crippen molar-refractivity contribution in [2.45, 2.75) is 40.2 Å². The Kier molecular flexibility index (Phi) is 5.47. The fourth-order valence-electron chi connectivity index (χ4n) is 2.27. The van der Waals surface area contributed by atoms with E-state index in [1.54, 1.807) is 4.68 Å². The van der Waals surface area contributed by atoms with Gasteiger partial charge in [0.1, 0.15) is 6.54 Å². The zero-order valence-electron chi connectivity index (χ0n) is 13.3. The van der Waals surface area contributed by atoms with Gasteiger partial charge in [-0.2, -0.15) is 10.2 Å². The number of hydrogen-bond acceptors (Lipinski definition) is 3. The molecule has 0 saturated heterocycles. The van der Waals surface area contributed by atoms with Gasteiger partial charge in [-0.25, -0.2) is 5.43 Å². The highest BCUT2D eigenvalue weighted by molar-refractivity contribution is 6.01. The van der Waals surface area contributed by atoms with Gasteiger partial charge in [-0.3, -0.25) is 9.48 Å². The predicted molar refractivity (Wildman–Crippen MR) is 87.7 cm³/mol. The SMILES string of the molecule is CCC/C(=N\NC(=O)Cn1nc(C)cc1C)c1ccccc1. The van der Waals surface area contributed by atoms with E-state index in [0.29, 0.717) is 0 Å². The molecule has 0 radical (unpaired) electrons. The molecule has 1 amide bonds. The third-order valence-corrected chi connectivity index (χ3v) is 3.31. The van der Waals surface area contributed by atoms with Gasteiger partial charge in [-0.05, 0) is 31.9 Å². The van der Waals surface area contributed by atoms with Crippen molar-refractivity contribution in [3.63, 3.8) is 0 Å². The molecule has 0 aliphatic rings. The number of hydrazone groups is 1. The molecule has 0 atom stereocenters. The van der Waals surface area contributed by atoms with E-state index in [4.69, 9.17) is 0 Å². The van der Waals surface area contributed by atoms with E-state index >= 15 is 0 Å². The Morgan fingerprint density at radius 3 is 2.59 bits per heavy atom. The minimum absolute atomic E-state index is 0.171. The lowest BCUT2D eigenvalue weighted by molar-refractivity contribution is -0.121. The van der Waals surface area contributed by atoms with Crippen LogP contribution in [0.2, 0.25) is 0 Å². The molecule has 116 valence electrons. The topological polar surface area (TPSA) is 59.3 Å². The average Bonchev–Trinajstić information content (AvgIpc) is 2.82. The van der Waals surface area contributed by atoms with Crippen molar-refractivity contribution in [2.75, 3.05) is 0 Å². The number of carbonyl (C=O) groups is 1. The lowest BCUT2D eigenvalue weighted by Crippen LogP contribution is -2.25. The molecule has 1 aromatic heterocycles. The summed E-state index contributed by atoms with van der Waals surface area (Å²) in [6.45, 7) is 6.12. The third-order valence-electron chi connectivity index (χ3n) is 3.31. The summed E-state index contributed by atoms with van der Waals surface area (Å²) in [6, 6.07) is 11.9. The van der Waals surface area contributed by atoms with Crippen LogP contribution in [0, 0.1) is 13.8 Å². The van der Waals surface area contributed by atoms with E-state index in [2.05, 4.69) is 22.5 Å². The van der Waals surface area contributed by atoms with Gasteiger partial charge in [0.15, 0.2) is 0 Å². The van der Waals surface area contributed by atoms with E-state index in [9.17, 15) is 4.79 Å². The van der Waals surface area contributed by atoms with Gasteiger partial charge in [0, 0.05) is 5.69 Å². The predicted octanol–water partition coefficient (Wildman–Crippen LogP) is 2.82. The van der Waals surface area contributed by atoms with Crippen LogP contribution >= 0.6 is 0 Å². The number of aromatic nitrogens is 2. The first kappa shape index (κ1) is 15.9. The number of rotatable bonds is 6. The van der Waals surface area contributed by atoms with Crippen LogP contribution in [-0.4, -0.2) is 21.4 Å². The number of nitrogens with one attached hydrogen (secondary N) is 1. The molecule has 0 aliphatic heterocycles. The van der Waals surface area contributed by atoms with Crippen molar-refractivity contribution in [3.05, 3.63) is 53.3 Å². The molecule has 5 heteroatoms. The van der Waals surface area contributed by atoms with Crippen molar-refractivity contribution < 1.29 is 4.79 Å². The second-order valence-electron chi connectivity index (χ2n) is 5.29. The molecule has 1 aromatic carbocycles. The fraction of sp³-hybridized carbons (Fsp3) is 0.353. The first-order valence-electron chi connectivity index (χ1n) is 7.52. The molecule has 1 N–H and O–H groups in total. The fourth-order valence-corrected chi connectivity index (χ4v) is 2.27. The molecule has 0 bridgehead atoms. The Balaban J connectivity index is 2.04. The van der Waals surface area contributed by atoms with Crippen LogP contribution in [0.25, 0.3) is 0 Å². The summed E-state index contributed by atoms with van der Waals surface area (Å²) in [5.74, 6) is -0.171. The van der Waals surface area contributed by atoms with Crippen LogP contribution in [0.1, 0.15) is 36.7 Å². The first-order chi connectivity index (χ1) is 10.6. The summed E-state index contributed by atoms with van der Waals surface area (Å²) in [4.78, 5) is 12.0. The highest BCUT2D eigenvalue weighted by atomic mass is 16.2. The Morgan fingerprint density at radius 2 is 2.00 bits per heavy atom. The van der Waals surface area contributed by atoms with E-state index in [1.807, 2.05) is 50.2 Å². The molecular formula is C17H22N4O. The largest absolute Gasteiger partial charge is 0.271 e. The zero-order valence-corrected chi connectivity index (χ0v) is 13.3. The minimum Gasteiger partial charge on any atom is -0.271 e. The summed E-state index contributed by atoms with van der Waals surface area (Å²) >= 11 is 0. The van der Waals surface area contributed by atoms with Gasteiger partial charge in [0.05, 0.1) is 11.4 Å². The molecule has 1 heterocycles. The van der Waals surface area contributed by atoms with Crippen LogP contribution in [0.15, 0.2) is 41.5 Å². The normalized spacial score (nSPS) is 11.5. The van der Waals surface area contributed by atoms with Crippen molar-refractivity contribution in [3.8, 4) is 0 Å². The molecular weight excluding hydrogens is 276 g/mol. The molecule has 2 rings (SSSR count). The Labute approximate surface area is 131 Å². The number of hydrogen-bond donors (Lipinski definition) is 1. The van der Waals surface area contributed by atoms with Crippen molar-refractivity contribution in [1.29, 1.82) is 0 Å². The molecule has 2 aromatic rings. The maximum absolute atomic E-state index is 12.0. The molecule has 22 heavy (non-hydrogen) atoms. The molecule has 5 nitrogen and oxygen atoms in total. The standard InChI is InChI=1S/C17H22N4O/c1-4-8-16(15-9-6-5-7-10-15)18-19-17(22)12-21-14(3)11-13(2)20-21/h5-7,9-11H,4,8,12H2,1-3H3,(H,19,22)/b18-16+. The Morgan fingerprint density at radius 1 is 1.27 bits per heavy atom. The van der Waals surface area contributed by atoms with E-state index in [1.165, 1.54) is 0 Å². The van der Waals surface area contributed by atoms with Crippen molar-refractivity contribution >= 4 is 11.6 Å². The van der Waals surface area contributed by atoms with Crippen LogP contribution < -0.4 is 5.43 Å². The van der Waals surface area contributed by atoms with Gasteiger partial charge < -0.3 is 0 Å². The van der Waals surface area contributed by atoms with Gasteiger partial charge >= 0.3 is 0 Å². The molecule has 0 fully saturated rings. The van der Waals surface area contributed by atoms with Crippen LogP contribution in [0.5, 0.6) is 0 Å². The summed E-state index contributed by atoms with van der Waals surface area (Å²) in [5.41, 5.74) is 6.44. The smallest absolute Gasteiger partial charge is 0.261 e. The monoisotopic (exact) mass is 298 g/mol. The van der Waals surface area contributed by atoms with E-state index in [0.717, 1.165) is 35.5 Å². The van der Waals surface area contributed by atoms with E-state index in [-0.39, 0.29) is 12.5 Å². The van der Waals surface area contributed by atoms with Gasteiger partial charge in [0.25, 0.3) is 5.91 Å². The number of aryl methyl sites for hydroxylation is 2.